The third kappa shape index (κ3) is 3.79. The first kappa shape index (κ1) is 16.3. The molecule has 21 heavy (non-hydrogen) atoms. The molecular formula is C16H21Cl2N3. The first-order valence-electron chi connectivity index (χ1n) is 7.29. The predicted octanol–water partition coefficient (Wildman–Crippen LogP) is 4.62. The van der Waals surface area contributed by atoms with Gasteiger partial charge < -0.3 is 5.32 Å². The molecule has 2 aromatic rings. The molecule has 0 bridgehead atoms. The summed E-state index contributed by atoms with van der Waals surface area (Å²) in [5.74, 6) is 0. The van der Waals surface area contributed by atoms with Crippen molar-refractivity contribution in [1.82, 2.24) is 15.1 Å². The maximum absolute atomic E-state index is 6.42. The molecule has 1 aromatic carbocycles. The lowest BCUT2D eigenvalue weighted by atomic mass is 10.1. The van der Waals surface area contributed by atoms with Crippen molar-refractivity contribution in [3.63, 3.8) is 0 Å². The number of hydrogen-bond acceptors (Lipinski definition) is 2. The Balaban J connectivity index is 2.11. The minimum atomic E-state index is 0.199. The van der Waals surface area contributed by atoms with Gasteiger partial charge in [-0.3, -0.25) is 4.68 Å². The largest absolute Gasteiger partial charge is 0.305 e. The minimum absolute atomic E-state index is 0.199. The van der Waals surface area contributed by atoms with Gasteiger partial charge >= 0.3 is 0 Å². The number of halogens is 2. The average Bonchev–Trinajstić information content (AvgIpc) is 2.80. The van der Waals surface area contributed by atoms with Crippen LogP contribution in [0.15, 0.2) is 24.3 Å². The van der Waals surface area contributed by atoms with Gasteiger partial charge in [-0.1, -0.05) is 42.3 Å². The highest BCUT2D eigenvalue weighted by Gasteiger charge is 2.15. The summed E-state index contributed by atoms with van der Waals surface area (Å²) in [5.41, 5.74) is 3.17. The van der Waals surface area contributed by atoms with E-state index in [2.05, 4.69) is 37.3 Å². The maximum atomic E-state index is 6.42. The van der Waals surface area contributed by atoms with Crippen molar-refractivity contribution in [2.45, 2.75) is 46.3 Å². The van der Waals surface area contributed by atoms with Crippen LogP contribution in [0.4, 0.5) is 0 Å². The molecule has 3 nitrogen and oxygen atoms in total. The number of aromatic nitrogens is 2. The van der Waals surface area contributed by atoms with Gasteiger partial charge in [0.2, 0.25) is 0 Å². The van der Waals surface area contributed by atoms with Crippen molar-refractivity contribution in [1.29, 1.82) is 0 Å². The second-order valence-electron chi connectivity index (χ2n) is 5.03. The van der Waals surface area contributed by atoms with Crippen LogP contribution in [-0.2, 0) is 19.5 Å². The summed E-state index contributed by atoms with van der Waals surface area (Å²) in [6.07, 6.45) is 0.850. The highest BCUT2D eigenvalue weighted by atomic mass is 35.5. The summed E-state index contributed by atoms with van der Waals surface area (Å²) < 4.78 is 1.97. The average molecular weight is 326 g/mol. The van der Waals surface area contributed by atoms with Crippen LogP contribution in [0.1, 0.15) is 43.8 Å². The molecule has 0 saturated heterocycles. The minimum Gasteiger partial charge on any atom is -0.305 e. The van der Waals surface area contributed by atoms with Gasteiger partial charge in [-0.2, -0.15) is 5.10 Å². The van der Waals surface area contributed by atoms with Gasteiger partial charge in [0.15, 0.2) is 0 Å². The third-order valence-corrected chi connectivity index (χ3v) is 4.29. The van der Waals surface area contributed by atoms with E-state index in [-0.39, 0.29) is 6.04 Å². The van der Waals surface area contributed by atoms with Gasteiger partial charge in [-0.05, 0) is 38.0 Å². The lowest BCUT2D eigenvalue weighted by Crippen LogP contribution is -2.20. The molecule has 0 spiro atoms. The summed E-state index contributed by atoms with van der Waals surface area (Å²) in [5, 5.41) is 9.56. The quantitative estimate of drug-likeness (QED) is 0.839. The van der Waals surface area contributed by atoms with Crippen LogP contribution < -0.4 is 5.32 Å². The van der Waals surface area contributed by atoms with Crippen LogP contribution >= 0.6 is 23.2 Å². The van der Waals surface area contributed by atoms with Gasteiger partial charge in [0, 0.05) is 24.2 Å². The number of hydrogen-bond donors (Lipinski definition) is 1. The van der Waals surface area contributed by atoms with Gasteiger partial charge in [0.25, 0.3) is 0 Å². The van der Waals surface area contributed by atoms with Crippen LogP contribution in [-0.4, -0.2) is 9.78 Å². The smallest absolute Gasteiger partial charge is 0.0863 e. The zero-order chi connectivity index (χ0) is 15.4. The fraction of sp³-hybridized carbons (Fsp3) is 0.438. The van der Waals surface area contributed by atoms with Crippen molar-refractivity contribution < 1.29 is 0 Å². The molecule has 114 valence electrons. The van der Waals surface area contributed by atoms with Crippen molar-refractivity contribution in [2.24, 2.45) is 0 Å². The molecule has 0 aliphatic heterocycles. The highest BCUT2D eigenvalue weighted by Crippen LogP contribution is 2.23. The number of benzene rings is 1. The summed E-state index contributed by atoms with van der Waals surface area (Å²) in [6.45, 7) is 7.77. The van der Waals surface area contributed by atoms with Gasteiger partial charge in [0.1, 0.15) is 0 Å². The SMILES string of the molecule is CCc1nn(CC)c(CNC(C)c2cccc(Cl)c2)c1Cl. The van der Waals surface area contributed by atoms with Gasteiger partial charge in [-0.25, -0.2) is 0 Å². The zero-order valence-corrected chi connectivity index (χ0v) is 14.2. The molecule has 0 amide bonds. The number of nitrogens with zero attached hydrogens (tertiary/aromatic N) is 2. The summed E-state index contributed by atoms with van der Waals surface area (Å²) in [7, 11) is 0. The van der Waals surface area contributed by atoms with E-state index in [1.165, 1.54) is 0 Å². The molecule has 1 N–H and O–H groups in total. The maximum Gasteiger partial charge on any atom is 0.0863 e. The van der Waals surface area contributed by atoms with Gasteiger partial charge in [-0.15, -0.1) is 0 Å². The molecule has 1 unspecified atom stereocenters. The number of nitrogens with one attached hydrogen (secondary N) is 1. The predicted molar refractivity (Wildman–Crippen MR) is 89.0 cm³/mol. The third-order valence-electron chi connectivity index (χ3n) is 3.62. The molecule has 0 radical (unpaired) electrons. The second-order valence-corrected chi connectivity index (χ2v) is 5.85. The van der Waals surface area contributed by atoms with Crippen molar-refractivity contribution >= 4 is 23.2 Å². The Morgan fingerprint density at radius 1 is 1.29 bits per heavy atom. The monoisotopic (exact) mass is 325 g/mol. The summed E-state index contributed by atoms with van der Waals surface area (Å²) in [4.78, 5) is 0. The van der Waals surface area contributed by atoms with E-state index in [1.54, 1.807) is 0 Å². The normalized spacial score (nSPS) is 12.6. The molecule has 0 saturated carbocycles. The van der Waals surface area contributed by atoms with E-state index >= 15 is 0 Å². The Labute approximate surface area is 136 Å². The number of aryl methyl sites for hydroxylation is 2. The lowest BCUT2D eigenvalue weighted by molar-refractivity contribution is 0.530. The van der Waals surface area contributed by atoms with E-state index < -0.39 is 0 Å². The van der Waals surface area contributed by atoms with Crippen molar-refractivity contribution in [3.05, 3.63) is 51.3 Å². The Bertz CT molecular complexity index is 608. The summed E-state index contributed by atoms with van der Waals surface area (Å²) in [6, 6.07) is 8.10. The first-order chi connectivity index (χ1) is 10.1. The Morgan fingerprint density at radius 3 is 2.67 bits per heavy atom. The lowest BCUT2D eigenvalue weighted by Gasteiger charge is -2.15. The Kier molecular flexibility index (Phi) is 5.68. The van der Waals surface area contributed by atoms with E-state index in [1.807, 2.05) is 22.9 Å². The zero-order valence-electron chi connectivity index (χ0n) is 12.7. The molecule has 1 atom stereocenters. The molecule has 0 aliphatic rings. The Hall–Kier alpha value is -1.03. The van der Waals surface area contributed by atoms with Crippen LogP contribution in [0.5, 0.6) is 0 Å². The van der Waals surface area contributed by atoms with Crippen LogP contribution in [0, 0.1) is 0 Å². The molecule has 5 heteroatoms. The van der Waals surface area contributed by atoms with Crippen molar-refractivity contribution in [3.8, 4) is 0 Å². The fourth-order valence-corrected chi connectivity index (χ4v) is 2.86. The highest BCUT2D eigenvalue weighted by molar-refractivity contribution is 6.32. The fourth-order valence-electron chi connectivity index (χ4n) is 2.33. The van der Waals surface area contributed by atoms with E-state index in [4.69, 9.17) is 23.2 Å². The first-order valence-corrected chi connectivity index (χ1v) is 8.05. The molecule has 2 rings (SSSR count). The molecule has 1 aromatic heterocycles. The van der Waals surface area contributed by atoms with Crippen molar-refractivity contribution in [2.75, 3.05) is 0 Å². The van der Waals surface area contributed by atoms with E-state index in [0.29, 0.717) is 6.54 Å². The second kappa shape index (κ2) is 7.30. The topological polar surface area (TPSA) is 29.9 Å². The Morgan fingerprint density at radius 2 is 2.05 bits per heavy atom. The number of rotatable bonds is 6. The van der Waals surface area contributed by atoms with Gasteiger partial charge in [0.05, 0.1) is 16.4 Å². The molecule has 0 fully saturated rings. The molecule has 1 heterocycles. The standard InChI is InChI=1S/C16H21Cl2N3/c1-4-14-16(18)15(21(5-2)20-14)10-19-11(3)12-7-6-8-13(17)9-12/h6-9,11,19H,4-5,10H2,1-3H3. The van der Waals surface area contributed by atoms with Crippen LogP contribution in [0.25, 0.3) is 0 Å². The van der Waals surface area contributed by atoms with Crippen LogP contribution in [0.2, 0.25) is 10.0 Å². The molecule has 0 aliphatic carbocycles. The van der Waals surface area contributed by atoms with E-state index in [0.717, 1.165) is 40.0 Å². The van der Waals surface area contributed by atoms with E-state index in [9.17, 15) is 0 Å². The molecular weight excluding hydrogens is 305 g/mol. The summed E-state index contributed by atoms with van der Waals surface area (Å²) >= 11 is 12.5. The van der Waals surface area contributed by atoms with Crippen LogP contribution in [0.3, 0.4) is 0 Å².